The van der Waals surface area contributed by atoms with Crippen LogP contribution in [-0.2, 0) is 33.1 Å². The minimum atomic E-state index is -4.72. The number of nitrogens with zero attached hydrogens (tertiary/aromatic N) is 6. The Bertz CT molecular complexity index is 1700. The molecule has 0 spiro atoms. The number of hydrogen-bond acceptors (Lipinski definition) is 10. The summed E-state index contributed by atoms with van der Waals surface area (Å²) < 4.78 is 68.2. The first-order valence-corrected chi connectivity index (χ1v) is 15.1. The molecule has 12 nitrogen and oxygen atoms in total. The highest BCUT2D eigenvalue weighted by Gasteiger charge is 2.18. The van der Waals surface area contributed by atoms with Gasteiger partial charge in [-0.2, -0.15) is 26.8 Å². The van der Waals surface area contributed by atoms with E-state index in [0.29, 0.717) is 11.1 Å². The molecule has 40 heavy (non-hydrogen) atoms. The Hall–Kier alpha value is -2.82. The average Bonchev–Trinajstić information content (AvgIpc) is 2.81. The fraction of sp³-hybridized carbons (Fsp3) is 0.0909. The minimum absolute atomic E-state index is 0.0143. The topological polar surface area (TPSA) is 186 Å². The smallest absolute Gasteiger partial charge is 0.282 e. The molecule has 2 N–H and O–H groups in total. The van der Waals surface area contributed by atoms with E-state index < -0.39 is 30.0 Å². The first kappa shape index (κ1) is 30.1. The van der Waals surface area contributed by atoms with Crippen molar-refractivity contribution in [2.24, 2.45) is 0 Å². The zero-order valence-corrected chi connectivity index (χ0v) is 24.2. The summed E-state index contributed by atoms with van der Waals surface area (Å²) in [4.78, 5) is 22.0. The summed E-state index contributed by atoms with van der Waals surface area (Å²) in [5.41, 5.74) is 0.838. The van der Waals surface area contributed by atoms with Crippen molar-refractivity contribution in [3.63, 3.8) is 0 Å². The molecule has 0 atom stereocenters. The maximum atomic E-state index is 12.1. The van der Waals surface area contributed by atoms with Gasteiger partial charge < -0.3 is 0 Å². The van der Waals surface area contributed by atoms with Crippen LogP contribution in [0.4, 0.5) is 0 Å². The van der Waals surface area contributed by atoms with E-state index in [0.717, 1.165) is 0 Å². The van der Waals surface area contributed by atoms with Gasteiger partial charge in [-0.1, -0.05) is 36.4 Å². The highest BCUT2D eigenvalue weighted by atomic mass is 35.5. The maximum absolute atomic E-state index is 12.1. The molecule has 0 saturated carbocycles. The van der Waals surface area contributed by atoms with Crippen LogP contribution in [0.15, 0.2) is 46.2 Å². The second-order valence-corrected chi connectivity index (χ2v) is 12.1. The summed E-state index contributed by atoms with van der Waals surface area (Å²) in [6, 6.07) is 8.23. The van der Waals surface area contributed by atoms with Crippen molar-refractivity contribution in [2.45, 2.75) is 22.6 Å². The molecule has 2 aromatic carbocycles. The van der Waals surface area contributed by atoms with Crippen LogP contribution >= 0.6 is 46.4 Å². The van der Waals surface area contributed by atoms with Gasteiger partial charge in [-0.05, 0) is 80.8 Å². The quantitative estimate of drug-likeness (QED) is 0.199. The van der Waals surface area contributed by atoms with Gasteiger partial charge in [0.15, 0.2) is 0 Å². The summed E-state index contributed by atoms with van der Waals surface area (Å²) in [5.74, 6) is 0.323. The van der Waals surface area contributed by atoms with E-state index in [9.17, 15) is 25.9 Å². The highest BCUT2D eigenvalue weighted by molar-refractivity contribution is 7.86. The van der Waals surface area contributed by atoms with Crippen LogP contribution in [0, 0.1) is 0 Å². The largest absolute Gasteiger partial charge is 0.295 e. The second kappa shape index (κ2) is 12.0. The van der Waals surface area contributed by atoms with Gasteiger partial charge in [-0.25, -0.2) is 19.9 Å². The van der Waals surface area contributed by atoms with Crippen molar-refractivity contribution in [2.75, 3.05) is 0 Å². The van der Waals surface area contributed by atoms with Gasteiger partial charge in [0.05, 0.1) is 0 Å². The van der Waals surface area contributed by atoms with Crippen LogP contribution in [0.3, 0.4) is 0 Å². The van der Waals surface area contributed by atoms with Gasteiger partial charge in [0.2, 0.25) is 21.1 Å². The second-order valence-electron chi connectivity index (χ2n) is 7.96. The van der Waals surface area contributed by atoms with E-state index in [4.69, 9.17) is 46.4 Å². The lowest BCUT2D eigenvalue weighted by molar-refractivity contribution is 0.480. The van der Waals surface area contributed by atoms with Crippen LogP contribution < -0.4 is 0 Å². The summed E-state index contributed by atoms with van der Waals surface area (Å²) in [5, 5.41) is -0.588. The molecule has 0 bridgehead atoms. The molecule has 0 unspecified atom stereocenters. The molecule has 2 heterocycles. The molecule has 0 fully saturated rings. The lowest BCUT2D eigenvalue weighted by atomic mass is 10.1. The maximum Gasteiger partial charge on any atom is 0.295 e. The minimum Gasteiger partial charge on any atom is -0.282 e. The van der Waals surface area contributed by atoms with Crippen molar-refractivity contribution < 1.29 is 25.9 Å². The summed E-state index contributed by atoms with van der Waals surface area (Å²) in [6.07, 6.45) is 2.55. The Morgan fingerprint density at radius 3 is 1.20 bits per heavy atom. The normalized spacial score (nSPS) is 12.2. The van der Waals surface area contributed by atoms with Crippen molar-refractivity contribution in [1.82, 2.24) is 29.9 Å². The third kappa shape index (κ3) is 7.89. The molecule has 0 saturated heterocycles. The van der Waals surface area contributed by atoms with E-state index in [1.165, 1.54) is 48.6 Å². The van der Waals surface area contributed by atoms with Crippen LogP contribution in [0.1, 0.15) is 33.9 Å². The molecule has 0 aliphatic carbocycles. The third-order valence-corrected chi connectivity index (χ3v) is 7.63. The van der Waals surface area contributed by atoms with Gasteiger partial charge in [-0.15, -0.1) is 0 Å². The zero-order chi connectivity index (χ0) is 29.2. The predicted molar refractivity (Wildman–Crippen MR) is 147 cm³/mol. The van der Waals surface area contributed by atoms with Crippen LogP contribution in [0.25, 0.3) is 12.2 Å². The number of aromatic nitrogens is 6. The fourth-order valence-electron chi connectivity index (χ4n) is 3.53. The Kier molecular flexibility index (Phi) is 9.02. The summed E-state index contributed by atoms with van der Waals surface area (Å²) in [7, 11) is -9.44. The molecule has 0 radical (unpaired) electrons. The molecule has 4 aromatic rings. The van der Waals surface area contributed by atoms with Crippen LogP contribution in [0.2, 0.25) is 21.1 Å². The lowest BCUT2D eigenvalue weighted by Gasteiger charge is -2.09. The number of halogens is 4. The van der Waals surface area contributed by atoms with E-state index >= 15 is 0 Å². The standard InChI is InChI=1S/C22H14Cl4N6O6S2/c23-19-27-17(28-20(24)31-19)9-11-1-3-13(15(7-11)39(33,34)35)5-6-14-4-2-12(8-16(14)40(36,37)38)10-18-29-21(25)32-22(26)30-18/h1-8H,9-10H2,(H,33,34,35)(H,36,37,38)/b6-5+. The van der Waals surface area contributed by atoms with Crippen LogP contribution in [0.5, 0.6) is 0 Å². The highest BCUT2D eigenvalue weighted by Crippen LogP contribution is 2.25. The molecule has 0 aliphatic heterocycles. The first-order valence-electron chi connectivity index (χ1n) is 10.7. The monoisotopic (exact) mass is 662 g/mol. The first-order chi connectivity index (χ1) is 18.7. The third-order valence-electron chi connectivity index (χ3n) is 5.13. The fourth-order valence-corrected chi connectivity index (χ4v) is 5.80. The Morgan fingerprint density at radius 2 is 0.900 bits per heavy atom. The molecule has 208 valence electrons. The molecule has 4 rings (SSSR count). The molecular weight excluding hydrogens is 650 g/mol. The zero-order valence-electron chi connectivity index (χ0n) is 19.6. The van der Waals surface area contributed by atoms with Gasteiger partial charge >= 0.3 is 0 Å². The SMILES string of the molecule is O=S(=O)(O)c1cc(Cc2nc(Cl)nc(Cl)n2)ccc1/C=C/c1ccc(Cc2nc(Cl)nc(Cl)n2)cc1S(=O)(=O)O. The van der Waals surface area contributed by atoms with Crippen molar-refractivity contribution >= 4 is 78.8 Å². The summed E-state index contributed by atoms with van der Waals surface area (Å²) >= 11 is 23.1. The van der Waals surface area contributed by atoms with E-state index in [2.05, 4.69) is 29.9 Å². The molecule has 0 amide bonds. The van der Waals surface area contributed by atoms with E-state index in [1.807, 2.05) is 0 Å². The number of hydrogen-bond donors (Lipinski definition) is 2. The van der Waals surface area contributed by atoms with Crippen molar-refractivity contribution in [1.29, 1.82) is 0 Å². The van der Waals surface area contributed by atoms with Gasteiger partial charge in [0, 0.05) is 12.8 Å². The Balaban J connectivity index is 1.69. The van der Waals surface area contributed by atoms with Crippen molar-refractivity contribution in [3.05, 3.63) is 91.4 Å². The molecule has 18 heteroatoms. The molecular formula is C22H14Cl4N6O6S2. The molecule has 2 aromatic heterocycles. The number of benzene rings is 2. The summed E-state index contributed by atoms with van der Waals surface area (Å²) in [6.45, 7) is 0. The Labute approximate surface area is 247 Å². The number of rotatable bonds is 8. The average molecular weight is 664 g/mol. The van der Waals surface area contributed by atoms with Crippen LogP contribution in [-0.4, -0.2) is 55.8 Å². The Morgan fingerprint density at radius 1 is 0.575 bits per heavy atom. The van der Waals surface area contributed by atoms with Crippen molar-refractivity contribution in [3.8, 4) is 0 Å². The van der Waals surface area contributed by atoms with E-state index in [1.54, 1.807) is 0 Å². The van der Waals surface area contributed by atoms with E-state index in [-0.39, 0.29) is 56.8 Å². The van der Waals surface area contributed by atoms with Gasteiger partial charge in [0.1, 0.15) is 21.4 Å². The van der Waals surface area contributed by atoms with Gasteiger partial charge in [-0.3, -0.25) is 9.11 Å². The molecule has 0 aliphatic rings. The van der Waals surface area contributed by atoms with Gasteiger partial charge in [0.25, 0.3) is 20.2 Å². The lowest BCUT2D eigenvalue weighted by Crippen LogP contribution is -2.05. The predicted octanol–water partition coefficient (Wildman–Crippen LogP) is 4.52.